The van der Waals surface area contributed by atoms with Crippen LogP contribution in [0, 0.1) is 13.8 Å². The molecule has 1 heterocycles. The molecular weight excluding hydrogens is 190 g/mol. The van der Waals surface area contributed by atoms with E-state index >= 15 is 0 Å². The molecule has 1 amide bonds. The minimum atomic E-state index is -0.334. The molecule has 3 heteroatoms. The van der Waals surface area contributed by atoms with Crippen LogP contribution in [0.5, 0.6) is 0 Å². The maximum absolute atomic E-state index is 11.9. The Bertz CT molecular complexity index is 395. The highest BCUT2D eigenvalue weighted by Crippen LogP contribution is 2.17. The molecule has 1 N–H and O–H groups in total. The molecule has 0 radical (unpaired) electrons. The third-order valence-electron chi connectivity index (χ3n) is 2.76. The average Bonchev–Trinajstić information content (AvgIpc) is 2.12. The van der Waals surface area contributed by atoms with Gasteiger partial charge in [-0.05, 0) is 25.5 Å². The molecule has 0 spiro atoms. The predicted octanol–water partition coefficient (Wildman–Crippen LogP) is 1.12. The van der Waals surface area contributed by atoms with Gasteiger partial charge in [-0.25, -0.2) is 0 Å². The lowest BCUT2D eigenvalue weighted by molar-refractivity contribution is 0.00584. The summed E-state index contributed by atoms with van der Waals surface area (Å²) in [5.74, 6) is 0.0257. The van der Waals surface area contributed by atoms with Gasteiger partial charge in [0.2, 0.25) is 0 Å². The fourth-order valence-corrected chi connectivity index (χ4v) is 1.85. The minimum Gasteiger partial charge on any atom is -0.389 e. The van der Waals surface area contributed by atoms with E-state index in [-0.39, 0.29) is 12.0 Å². The molecule has 0 aliphatic carbocycles. The normalized spacial score (nSPS) is 16.3. The molecule has 0 saturated carbocycles. The van der Waals surface area contributed by atoms with Crippen molar-refractivity contribution in [3.63, 3.8) is 0 Å². The molecule has 3 nitrogen and oxygen atoms in total. The molecule has 0 aromatic heterocycles. The van der Waals surface area contributed by atoms with Crippen molar-refractivity contribution in [3.8, 4) is 0 Å². The fraction of sp³-hybridized carbons (Fsp3) is 0.417. The Morgan fingerprint density at radius 3 is 2.60 bits per heavy atom. The minimum absolute atomic E-state index is 0.0257. The Balaban J connectivity index is 2.19. The maximum Gasteiger partial charge on any atom is 0.254 e. The van der Waals surface area contributed by atoms with E-state index < -0.39 is 0 Å². The van der Waals surface area contributed by atoms with E-state index in [1.54, 1.807) is 4.90 Å². The summed E-state index contributed by atoms with van der Waals surface area (Å²) in [6, 6.07) is 5.80. The van der Waals surface area contributed by atoms with Gasteiger partial charge in [0.25, 0.3) is 5.91 Å². The van der Waals surface area contributed by atoms with Crippen molar-refractivity contribution in [2.24, 2.45) is 0 Å². The molecule has 1 fully saturated rings. The average molecular weight is 205 g/mol. The Hall–Kier alpha value is -1.35. The maximum atomic E-state index is 11.9. The van der Waals surface area contributed by atoms with Crippen molar-refractivity contribution in [2.75, 3.05) is 13.1 Å². The van der Waals surface area contributed by atoms with Crippen LogP contribution in [0.1, 0.15) is 21.5 Å². The molecule has 0 unspecified atom stereocenters. The molecule has 2 rings (SSSR count). The molecule has 1 aromatic rings. The number of nitrogens with zero attached hydrogens (tertiary/aromatic N) is 1. The highest BCUT2D eigenvalue weighted by molar-refractivity contribution is 5.96. The number of likely N-dealkylation sites (tertiary alicyclic amines) is 1. The summed E-state index contributed by atoms with van der Waals surface area (Å²) in [6.45, 7) is 4.88. The second kappa shape index (κ2) is 3.66. The van der Waals surface area contributed by atoms with Gasteiger partial charge >= 0.3 is 0 Å². The van der Waals surface area contributed by atoms with Crippen molar-refractivity contribution in [3.05, 3.63) is 34.9 Å². The van der Waals surface area contributed by atoms with Crippen molar-refractivity contribution in [1.29, 1.82) is 0 Å². The Morgan fingerprint density at radius 2 is 2.07 bits per heavy atom. The first-order valence-electron chi connectivity index (χ1n) is 5.12. The van der Waals surface area contributed by atoms with E-state index in [9.17, 15) is 4.79 Å². The van der Waals surface area contributed by atoms with Gasteiger partial charge < -0.3 is 10.0 Å². The lowest BCUT2D eigenvalue weighted by Crippen LogP contribution is -2.53. The van der Waals surface area contributed by atoms with Gasteiger partial charge in [0.05, 0.1) is 6.10 Å². The van der Waals surface area contributed by atoms with Crippen LogP contribution < -0.4 is 0 Å². The molecular formula is C12H15NO2. The summed E-state index contributed by atoms with van der Waals surface area (Å²) in [7, 11) is 0. The number of aliphatic hydroxyl groups is 1. The van der Waals surface area contributed by atoms with Crippen LogP contribution in [0.25, 0.3) is 0 Å². The SMILES string of the molecule is Cc1ccc(C(=O)N2CC(O)C2)c(C)c1. The number of amides is 1. The van der Waals surface area contributed by atoms with Crippen LogP contribution in [0.2, 0.25) is 0 Å². The number of rotatable bonds is 1. The lowest BCUT2D eigenvalue weighted by Gasteiger charge is -2.36. The zero-order valence-corrected chi connectivity index (χ0v) is 9.03. The fourth-order valence-electron chi connectivity index (χ4n) is 1.85. The van der Waals surface area contributed by atoms with Crippen molar-refractivity contribution in [2.45, 2.75) is 20.0 Å². The lowest BCUT2D eigenvalue weighted by atomic mass is 10.0. The number of carbonyl (C=O) groups excluding carboxylic acids is 1. The van der Waals surface area contributed by atoms with Crippen LogP contribution in [0.4, 0.5) is 0 Å². The van der Waals surface area contributed by atoms with Crippen molar-refractivity contribution < 1.29 is 9.90 Å². The molecule has 80 valence electrons. The zero-order chi connectivity index (χ0) is 11.0. The van der Waals surface area contributed by atoms with Gasteiger partial charge in [-0.1, -0.05) is 17.7 Å². The summed E-state index contributed by atoms with van der Waals surface area (Å²) < 4.78 is 0. The second-order valence-corrected chi connectivity index (χ2v) is 4.18. The van der Waals surface area contributed by atoms with Gasteiger partial charge in [0.1, 0.15) is 0 Å². The van der Waals surface area contributed by atoms with Crippen LogP contribution >= 0.6 is 0 Å². The van der Waals surface area contributed by atoms with E-state index in [0.717, 1.165) is 16.7 Å². The number of aryl methyl sites for hydroxylation is 2. The number of β-amino-alcohol motifs (C(OH)–C–C–N with tert-alkyl or cyclic N) is 1. The first kappa shape index (κ1) is 10.2. The number of hydrogen-bond acceptors (Lipinski definition) is 2. The van der Waals surface area contributed by atoms with Crippen LogP contribution in [-0.2, 0) is 0 Å². The Morgan fingerprint density at radius 1 is 1.40 bits per heavy atom. The van der Waals surface area contributed by atoms with E-state index in [1.165, 1.54) is 0 Å². The van der Waals surface area contributed by atoms with E-state index in [1.807, 2.05) is 32.0 Å². The Labute approximate surface area is 89.3 Å². The van der Waals surface area contributed by atoms with Crippen molar-refractivity contribution in [1.82, 2.24) is 4.90 Å². The number of hydrogen-bond donors (Lipinski definition) is 1. The summed E-state index contributed by atoms with van der Waals surface area (Å²) in [6.07, 6.45) is -0.334. The summed E-state index contributed by atoms with van der Waals surface area (Å²) in [4.78, 5) is 13.6. The molecule has 1 aliphatic heterocycles. The van der Waals surface area contributed by atoms with Crippen LogP contribution in [0.3, 0.4) is 0 Å². The van der Waals surface area contributed by atoms with Gasteiger partial charge in [-0.15, -0.1) is 0 Å². The molecule has 1 aliphatic rings. The quantitative estimate of drug-likeness (QED) is 0.746. The van der Waals surface area contributed by atoms with E-state index in [0.29, 0.717) is 13.1 Å². The summed E-state index contributed by atoms with van der Waals surface area (Å²) >= 11 is 0. The number of benzene rings is 1. The van der Waals surface area contributed by atoms with E-state index in [2.05, 4.69) is 0 Å². The first-order chi connectivity index (χ1) is 7.08. The topological polar surface area (TPSA) is 40.5 Å². The zero-order valence-electron chi connectivity index (χ0n) is 9.03. The van der Waals surface area contributed by atoms with Gasteiger partial charge in [0, 0.05) is 18.7 Å². The third-order valence-corrected chi connectivity index (χ3v) is 2.76. The molecule has 1 saturated heterocycles. The highest BCUT2D eigenvalue weighted by atomic mass is 16.3. The monoisotopic (exact) mass is 205 g/mol. The first-order valence-corrected chi connectivity index (χ1v) is 5.12. The standard InChI is InChI=1S/C12H15NO2/c1-8-3-4-11(9(2)5-8)12(15)13-6-10(14)7-13/h3-5,10,14H,6-7H2,1-2H3. The molecule has 0 bridgehead atoms. The molecule has 0 atom stereocenters. The van der Waals surface area contributed by atoms with Gasteiger partial charge in [0.15, 0.2) is 0 Å². The number of aliphatic hydroxyl groups excluding tert-OH is 1. The third kappa shape index (κ3) is 1.88. The van der Waals surface area contributed by atoms with Gasteiger partial charge in [-0.2, -0.15) is 0 Å². The van der Waals surface area contributed by atoms with Gasteiger partial charge in [-0.3, -0.25) is 4.79 Å². The van der Waals surface area contributed by atoms with Crippen molar-refractivity contribution >= 4 is 5.91 Å². The molecule has 15 heavy (non-hydrogen) atoms. The summed E-state index contributed by atoms with van der Waals surface area (Å²) in [5, 5.41) is 9.13. The second-order valence-electron chi connectivity index (χ2n) is 4.18. The van der Waals surface area contributed by atoms with Crippen LogP contribution in [-0.4, -0.2) is 35.1 Å². The predicted molar refractivity (Wildman–Crippen MR) is 57.8 cm³/mol. The summed E-state index contributed by atoms with van der Waals surface area (Å²) in [5.41, 5.74) is 2.90. The number of carbonyl (C=O) groups is 1. The highest BCUT2D eigenvalue weighted by Gasteiger charge is 2.29. The largest absolute Gasteiger partial charge is 0.389 e. The Kier molecular flexibility index (Phi) is 2.49. The van der Waals surface area contributed by atoms with Crippen LogP contribution in [0.15, 0.2) is 18.2 Å². The smallest absolute Gasteiger partial charge is 0.254 e. The molecule has 1 aromatic carbocycles. The van der Waals surface area contributed by atoms with E-state index in [4.69, 9.17) is 5.11 Å².